The SMILES string of the molecule is Cc1csc(C(=O)Cc2cc3nc(-c4cncn4C)ccc3cn2)n1. The van der Waals surface area contributed by atoms with Gasteiger partial charge in [-0.15, -0.1) is 11.3 Å². The van der Waals surface area contributed by atoms with Crippen molar-refractivity contribution in [3.8, 4) is 11.4 Å². The van der Waals surface area contributed by atoms with Crippen molar-refractivity contribution in [2.24, 2.45) is 7.05 Å². The van der Waals surface area contributed by atoms with Gasteiger partial charge in [-0.2, -0.15) is 0 Å². The third kappa shape index (κ3) is 3.06. The normalized spacial score (nSPS) is 11.1. The molecule has 4 aromatic heterocycles. The van der Waals surface area contributed by atoms with E-state index in [2.05, 4.69) is 15.0 Å². The van der Waals surface area contributed by atoms with Gasteiger partial charge in [0.15, 0.2) is 10.8 Å². The molecular weight excluding hydrogens is 334 g/mol. The molecule has 124 valence electrons. The summed E-state index contributed by atoms with van der Waals surface area (Å²) >= 11 is 1.37. The summed E-state index contributed by atoms with van der Waals surface area (Å²) in [7, 11) is 1.93. The number of ketones is 1. The number of rotatable bonds is 4. The Bertz CT molecular complexity index is 1080. The summed E-state index contributed by atoms with van der Waals surface area (Å²) in [6.07, 6.45) is 5.50. The van der Waals surface area contributed by atoms with Crippen LogP contribution in [0.3, 0.4) is 0 Å². The van der Waals surface area contributed by atoms with E-state index in [1.807, 2.05) is 42.1 Å². The monoisotopic (exact) mass is 349 g/mol. The highest BCUT2D eigenvalue weighted by atomic mass is 32.1. The van der Waals surface area contributed by atoms with Crippen LogP contribution < -0.4 is 0 Å². The first-order valence-electron chi connectivity index (χ1n) is 7.78. The van der Waals surface area contributed by atoms with Crippen LogP contribution in [0.15, 0.2) is 42.3 Å². The Hall–Kier alpha value is -2.93. The Balaban J connectivity index is 1.67. The van der Waals surface area contributed by atoms with E-state index in [4.69, 9.17) is 4.98 Å². The maximum Gasteiger partial charge on any atom is 0.197 e. The van der Waals surface area contributed by atoms with Crippen LogP contribution in [0.2, 0.25) is 0 Å². The number of pyridine rings is 2. The maximum atomic E-state index is 12.3. The minimum atomic E-state index is -0.0206. The zero-order valence-corrected chi connectivity index (χ0v) is 14.6. The Morgan fingerprint density at radius 2 is 2.12 bits per heavy atom. The van der Waals surface area contributed by atoms with Gasteiger partial charge in [0.2, 0.25) is 0 Å². The molecule has 0 aliphatic heterocycles. The zero-order valence-electron chi connectivity index (χ0n) is 13.8. The van der Waals surface area contributed by atoms with Crippen molar-refractivity contribution < 1.29 is 4.79 Å². The van der Waals surface area contributed by atoms with Crippen molar-refractivity contribution in [2.45, 2.75) is 13.3 Å². The maximum absolute atomic E-state index is 12.3. The summed E-state index contributed by atoms with van der Waals surface area (Å²) in [6, 6.07) is 5.80. The van der Waals surface area contributed by atoms with Gasteiger partial charge in [-0.3, -0.25) is 9.78 Å². The first kappa shape index (κ1) is 15.6. The Morgan fingerprint density at radius 3 is 2.84 bits per heavy atom. The number of hydrogen-bond acceptors (Lipinski definition) is 6. The second-order valence-corrected chi connectivity index (χ2v) is 6.71. The number of thiazole rings is 1. The van der Waals surface area contributed by atoms with Crippen LogP contribution in [0, 0.1) is 6.92 Å². The van der Waals surface area contributed by atoms with Gasteiger partial charge in [-0.05, 0) is 25.1 Å². The second-order valence-electron chi connectivity index (χ2n) is 5.85. The van der Waals surface area contributed by atoms with E-state index < -0.39 is 0 Å². The van der Waals surface area contributed by atoms with Crippen LogP contribution in [0.1, 0.15) is 21.2 Å². The van der Waals surface area contributed by atoms with Crippen LogP contribution in [-0.4, -0.2) is 30.3 Å². The van der Waals surface area contributed by atoms with E-state index in [-0.39, 0.29) is 12.2 Å². The fourth-order valence-electron chi connectivity index (χ4n) is 2.62. The second kappa shape index (κ2) is 6.18. The number of hydrogen-bond donors (Lipinski definition) is 0. The Morgan fingerprint density at radius 1 is 1.24 bits per heavy atom. The molecule has 6 nitrogen and oxygen atoms in total. The third-order valence-electron chi connectivity index (χ3n) is 3.91. The van der Waals surface area contributed by atoms with Crippen molar-refractivity contribution in [3.05, 3.63) is 58.7 Å². The molecule has 0 unspecified atom stereocenters. The summed E-state index contributed by atoms with van der Waals surface area (Å²) in [5.74, 6) is -0.0206. The van der Waals surface area contributed by atoms with E-state index in [0.717, 1.165) is 28.0 Å². The number of imidazole rings is 1. The van der Waals surface area contributed by atoms with Gasteiger partial charge in [-0.1, -0.05) is 0 Å². The van der Waals surface area contributed by atoms with Crippen LogP contribution in [0.25, 0.3) is 22.3 Å². The molecule has 4 heterocycles. The van der Waals surface area contributed by atoms with E-state index >= 15 is 0 Å². The molecule has 0 aromatic carbocycles. The quantitative estimate of drug-likeness (QED) is 0.529. The molecule has 0 saturated carbocycles. The molecule has 25 heavy (non-hydrogen) atoms. The summed E-state index contributed by atoms with van der Waals surface area (Å²) in [5, 5.41) is 3.34. The average Bonchev–Trinajstić information content (AvgIpc) is 3.22. The summed E-state index contributed by atoms with van der Waals surface area (Å²) in [5.41, 5.74) is 4.15. The molecule has 0 fully saturated rings. The van der Waals surface area contributed by atoms with Gasteiger partial charge in [0.1, 0.15) is 0 Å². The molecule has 0 N–H and O–H groups in total. The van der Waals surface area contributed by atoms with Gasteiger partial charge < -0.3 is 4.57 Å². The van der Waals surface area contributed by atoms with Crippen molar-refractivity contribution in [2.75, 3.05) is 0 Å². The number of aryl methyl sites for hydroxylation is 2. The number of nitrogens with zero attached hydrogens (tertiary/aromatic N) is 5. The number of Topliss-reactive ketones (excluding diaryl/α,β-unsaturated/α-hetero) is 1. The van der Waals surface area contributed by atoms with Crippen molar-refractivity contribution in [3.63, 3.8) is 0 Å². The predicted octanol–water partition coefficient (Wildman–Crippen LogP) is 3.22. The lowest BCUT2D eigenvalue weighted by atomic mass is 10.1. The van der Waals surface area contributed by atoms with E-state index in [0.29, 0.717) is 10.7 Å². The van der Waals surface area contributed by atoms with Gasteiger partial charge in [-0.25, -0.2) is 15.0 Å². The summed E-state index contributed by atoms with van der Waals surface area (Å²) < 4.78 is 1.92. The van der Waals surface area contributed by atoms with Gasteiger partial charge in [0.25, 0.3) is 0 Å². The number of carbonyl (C=O) groups excluding carboxylic acids is 1. The minimum Gasteiger partial charge on any atom is -0.332 e. The Labute approximate surface area is 148 Å². The van der Waals surface area contributed by atoms with Crippen LogP contribution >= 0.6 is 11.3 Å². The lowest BCUT2D eigenvalue weighted by Gasteiger charge is -2.05. The predicted molar refractivity (Wildman–Crippen MR) is 96.6 cm³/mol. The number of aromatic nitrogens is 5. The highest BCUT2D eigenvalue weighted by Gasteiger charge is 2.13. The topological polar surface area (TPSA) is 73.6 Å². The molecule has 0 bridgehead atoms. The van der Waals surface area contributed by atoms with Gasteiger partial charge >= 0.3 is 0 Å². The van der Waals surface area contributed by atoms with Crippen LogP contribution in [0.5, 0.6) is 0 Å². The molecule has 0 radical (unpaired) electrons. The van der Waals surface area contributed by atoms with Gasteiger partial charge in [0.05, 0.1) is 41.5 Å². The molecule has 0 saturated heterocycles. The standard InChI is InChI=1S/C18H15N5OS/c1-11-9-25-18(21-11)17(24)6-13-5-15-12(7-20-13)3-4-14(22-15)16-8-19-10-23(16)2/h3-5,7-10H,6H2,1-2H3. The average molecular weight is 349 g/mol. The van der Waals surface area contributed by atoms with E-state index in [1.165, 1.54) is 11.3 Å². The molecule has 0 aliphatic carbocycles. The Kier molecular flexibility index (Phi) is 3.85. The minimum absolute atomic E-state index is 0.0206. The molecular formula is C18H15N5OS. The fourth-order valence-corrected chi connectivity index (χ4v) is 3.36. The van der Waals surface area contributed by atoms with Crippen LogP contribution in [0.4, 0.5) is 0 Å². The summed E-state index contributed by atoms with van der Waals surface area (Å²) in [4.78, 5) is 29.8. The smallest absolute Gasteiger partial charge is 0.197 e. The van der Waals surface area contributed by atoms with Crippen molar-refractivity contribution in [1.82, 2.24) is 24.5 Å². The number of carbonyl (C=O) groups is 1. The first-order valence-corrected chi connectivity index (χ1v) is 8.66. The molecule has 4 rings (SSSR count). The molecule has 0 amide bonds. The van der Waals surface area contributed by atoms with Crippen LogP contribution in [-0.2, 0) is 13.5 Å². The highest BCUT2D eigenvalue weighted by Crippen LogP contribution is 2.21. The zero-order chi connectivity index (χ0) is 17.4. The highest BCUT2D eigenvalue weighted by molar-refractivity contribution is 7.11. The molecule has 0 atom stereocenters. The molecule has 4 aromatic rings. The fraction of sp³-hybridized carbons (Fsp3) is 0.167. The third-order valence-corrected chi connectivity index (χ3v) is 4.91. The van der Waals surface area contributed by atoms with Gasteiger partial charge in [0, 0.05) is 29.7 Å². The largest absolute Gasteiger partial charge is 0.332 e. The first-order chi connectivity index (χ1) is 12.1. The lowest BCUT2D eigenvalue weighted by molar-refractivity contribution is 0.0991. The lowest BCUT2D eigenvalue weighted by Crippen LogP contribution is -2.05. The van der Waals surface area contributed by atoms with E-state index in [1.54, 1.807) is 18.7 Å². The van der Waals surface area contributed by atoms with E-state index in [9.17, 15) is 4.79 Å². The van der Waals surface area contributed by atoms with Crippen molar-refractivity contribution in [1.29, 1.82) is 0 Å². The van der Waals surface area contributed by atoms with Crippen molar-refractivity contribution >= 4 is 28.0 Å². The molecule has 7 heteroatoms. The molecule has 0 aliphatic rings. The number of fused-ring (bicyclic) bond motifs is 1. The molecule has 0 spiro atoms. The summed E-state index contributed by atoms with van der Waals surface area (Å²) in [6.45, 7) is 1.88.